The van der Waals surface area contributed by atoms with Gasteiger partial charge in [-0.15, -0.1) is 0 Å². The van der Waals surface area contributed by atoms with E-state index in [1.807, 2.05) is 6.07 Å². The molecule has 0 aromatic carbocycles. The SMILES string of the molecule is COC(=O)c1n[nH]c2ncc(N3CCOCC3)cc12. The molecule has 3 heterocycles. The van der Waals surface area contributed by atoms with Gasteiger partial charge in [0, 0.05) is 13.1 Å². The first-order valence-electron chi connectivity index (χ1n) is 6.04. The third-order valence-corrected chi connectivity index (χ3v) is 3.16. The third-order valence-electron chi connectivity index (χ3n) is 3.16. The predicted octanol–water partition coefficient (Wildman–Crippen LogP) is 0.581. The maximum atomic E-state index is 11.6. The molecule has 19 heavy (non-hydrogen) atoms. The van der Waals surface area contributed by atoms with Gasteiger partial charge in [-0.05, 0) is 6.07 Å². The zero-order chi connectivity index (χ0) is 13.2. The van der Waals surface area contributed by atoms with Gasteiger partial charge < -0.3 is 14.4 Å². The monoisotopic (exact) mass is 262 g/mol. The van der Waals surface area contributed by atoms with E-state index in [0.29, 0.717) is 24.2 Å². The number of anilines is 1. The molecule has 1 N–H and O–H groups in total. The van der Waals surface area contributed by atoms with Crippen LogP contribution in [0.1, 0.15) is 10.5 Å². The highest BCUT2D eigenvalue weighted by Gasteiger charge is 2.18. The fourth-order valence-electron chi connectivity index (χ4n) is 2.14. The number of aromatic amines is 1. The molecule has 0 atom stereocenters. The first kappa shape index (κ1) is 11.9. The van der Waals surface area contributed by atoms with Gasteiger partial charge in [0.25, 0.3) is 0 Å². The number of esters is 1. The Morgan fingerprint density at radius 3 is 3.00 bits per heavy atom. The number of hydrogen-bond donors (Lipinski definition) is 1. The second kappa shape index (κ2) is 4.85. The van der Waals surface area contributed by atoms with E-state index >= 15 is 0 Å². The summed E-state index contributed by atoms with van der Waals surface area (Å²) in [6, 6.07) is 1.91. The van der Waals surface area contributed by atoms with Gasteiger partial charge in [0.05, 0.1) is 37.6 Å². The number of H-pyrrole nitrogens is 1. The molecule has 1 fully saturated rings. The fraction of sp³-hybridized carbons (Fsp3) is 0.417. The van der Waals surface area contributed by atoms with E-state index in [-0.39, 0.29) is 5.69 Å². The lowest BCUT2D eigenvalue weighted by Gasteiger charge is -2.28. The lowest BCUT2D eigenvalue weighted by atomic mass is 10.2. The van der Waals surface area contributed by atoms with Gasteiger partial charge in [-0.3, -0.25) is 5.10 Å². The number of pyridine rings is 1. The van der Waals surface area contributed by atoms with Crippen LogP contribution in [0, 0.1) is 0 Å². The Morgan fingerprint density at radius 1 is 1.47 bits per heavy atom. The molecule has 0 aliphatic carbocycles. The van der Waals surface area contributed by atoms with E-state index in [1.165, 1.54) is 7.11 Å². The van der Waals surface area contributed by atoms with Gasteiger partial charge >= 0.3 is 5.97 Å². The quantitative estimate of drug-likeness (QED) is 0.797. The Hall–Kier alpha value is -2.15. The van der Waals surface area contributed by atoms with Crippen LogP contribution >= 0.6 is 0 Å². The number of ether oxygens (including phenoxy) is 2. The number of carbonyl (C=O) groups is 1. The Labute approximate surface area is 109 Å². The first-order chi connectivity index (χ1) is 9.29. The summed E-state index contributed by atoms with van der Waals surface area (Å²) in [6.45, 7) is 3.04. The number of hydrogen-bond acceptors (Lipinski definition) is 6. The minimum absolute atomic E-state index is 0.264. The van der Waals surface area contributed by atoms with E-state index < -0.39 is 5.97 Å². The number of fused-ring (bicyclic) bond motifs is 1. The average molecular weight is 262 g/mol. The van der Waals surface area contributed by atoms with Crippen LogP contribution in [0.15, 0.2) is 12.3 Å². The van der Waals surface area contributed by atoms with Gasteiger partial charge in [-0.2, -0.15) is 5.10 Å². The number of aromatic nitrogens is 3. The summed E-state index contributed by atoms with van der Waals surface area (Å²) in [6.07, 6.45) is 1.77. The molecule has 0 spiro atoms. The standard InChI is InChI=1S/C12H14N4O3/c1-18-12(17)10-9-6-8(7-13-11(9)15-14-10)16-2-4-19-5-3-16/h6-7H,2-5H2,1H3,(H,13,14,15). The predicted molar refractivity (Wildman–Crippen MR) is 68.3 cm³/mol. The average Bonchev–Trinajstić information content (AvgIpc) is 2.90. The summed E-state index contributed by atoms with van der Waals surface area (Å²) in [4.78, 5) is 18.1. The maximum Gasteiger partial charge on any atom is 0.359 e. The van der Waals surface area contributed by atoms with E-state index in [0.717, 1.165) is 18.8 Å². The lowest BCUT2D eigenvalue weighted by molar-refractivity contribution is 0.0596. The molecule has 1 saturated heterocycles. The third kappa shape index (κ3) is 2.12. The van der Waals surface area contributed by atoms with Crippen molar-refractivity contribution in [2.75, 3.05) is 38.3 Å². The van der Waals surface area contributed by atoms with Crippen LogP contribution < -0.4 is 4.90 Å². The highest BCUT2D eigenvalue weighted by molar-refractivity contribution is 6.01. The molecule has 7 heteroatoms. The Balaban J connectivity index is 2.00. The van der Waals surface area contributed by atoms with Crippen LogP contribution in [0.25, 0.3) is 11.0 Å². The van der Waals surface area contributed by atoms with Gasteiger partial charge in [0.1, 0.15) is 0 Å². The van der Waals surface area contributed by atoms with Crippen molar-refractivity contribution in [2.45, 2.75) is 0 Å². The fourth-order valence-corrected chi connectivity index (χ4v) is 2.14. The van der Waals surface area contributed by atoms with Crippen molar-refractivity contribution < 1.29 is 14.3 Å². The van der Waals surface area contributed by atoms with Crippen molar-refractivity contribution in [3.05, 3.63) is 18.0 Å². The van der Waals surface area contributed by atoms with Crippen molar-refractivity contribution in [1.29, 1.82) is 0 Å². The van der Waals surface area contributed by atoms with E-state index in [2.05, 4.69) is 20.1 Å². The van der Waals surface area contributed by atoms with E-state index in [9.17, 15) is 4.79 Å². The van der Waals surface area contributed by atoms with Crippen LogP contribution in [0.3, 0.4) is 0 Å². The number of rotatable bonds is 2. The Bertz CT molecular complexity index is 604. The topological polar surface area (TPSA) is 80.3 Å². The largest absolute Gasteiger partial charge is 0.464 e. The molecule has 0 unspecified atom stereocenters. The van der Waals surface area contributed by atoms with Crippen molar-refractivity contribution in [3.63, 3.8) is 0 Å². The highest BCUT2D eigenvalue weighted by Crippen LogP contribution is 2.22. The molecule has 7 nitrogen and oxygen atoms in total. The molecule has 2 aromatic heterocycles. The van der Waals surface area contributed by atoms with Gasteiger partial charge in [-0.1, -0.05) is 0 Å². The van der Waals surface area contributed by atoms with Crippen LogP contribution in [-0.2, 0) is 9.47 Å². The summed E-state index contributed by atoms with van der Waals surface area (Å²) in [5.74, 6) is -0.466. The van der Waals surface area contributed by atoms with Crippen LogP contribution in [0.4, 0.5) is 5.69 Å². The molecular formula is C12H14N4O3. The molecular weight excluding hydrogens is 248 g/mol. The van der Waals surface area contributed by atoms with Crippen molar-refractivity contribution in [2.24, 2.45) is 0 Å². The Kier molecular flexibility index (Phi) is 3.04. The zero-order valence-corrected chi connectivity index (χ0v) is 10.5. The van der Waals surface area contributed by atoms with E-state index in [4.69, 9.17) is 9.47 Å². The van der Waals surface area contributed by atoms with Gasteiger partial charge in [0.15, 0.2) is 11.3 Å². The molecule has 0 bridgehead atoms. The zero-order valence-electron chi connectivity index (χ0n) is 10.5. The molecule has 2 aromatic rings. The molecule has 0 amide bonds. The summed E-state index contributed by atoms with van der Waals surface area (Å²) in [5, 5.41) is 7.35. The smallest absolute Gasteiger partial charge is 0.359 e. The minimum atomic E-state index is -0.466. The van der Waals surface area contributed by atoms with Crippen LogP contribution in [0.2, 0.25) is 0 Å². The number of morpholine rings is 1. The molecule has 3 rings (SSSR count). The second-order valence-corrected chi connectivity index (χ2v) is 4.25. The Morgan fingerprint density at radius 2 is 2.26 bits per heavy atom. The molecule has 100 valence electrons. The summed E-state index contributed by atoms with van der Waals surface area (Å²) < 4.78 is 10.0. The number of nitrogens with zero attached hydrogens (tertiary/aromatic N) is 3. The number of nitrogens with one attached hydrogen (secondary N) is 1. The molecule has 0 saturated carbocycles. The van der Waals surface area contributed by atoms with Crippen molar-refractivity contribution in [3.8, 4) is 0 Å². The van der Waals surface area contributed by atoms with Gasteiger partial charge in [-0.25, -0.2) is 9.78 Å². The molecule has 0 radical (unpaired) electrons. The second-order valence-electron chi connectivity index (χ2n) is 4.25. The minimum Gasteiger partial charge on any atom is -0.464 e. The lowest BCUT2D eigenvalue weighted by Crippen LogP contribution is -2.36. The first-order valence-corrected chi connectivity index (χ1v) is 6.04. The highest BCUT2D eigenvalue weighted by atomic mass is 16.5. The normalized spacial score (nSPS) is 15.7. The van der Waals surface area contributed by atoms with Crippen LogP contribution in [0.5, 0.6) is 0 Å². The van der Waals surface area contributed by atoms with E-state index in [1.54, 1.807) is 6.20 Å². The van der Waals surface area contributed by atoms with Gasteiger partial charge in [0.2, 0.25) is 0 Å². The molecule has 1 aliphatic heterocycles. The summed E-state index contributed by atoms with van der Waals surface area (Å²) in [5.41, 5.74) is 1.81. The molecule has 1 aliphatic rings. The maximum absolute atomic E-state index is 11.6. The summed E-state index contributed by atoms with van der Waals surface area (Å²) >= 11 is 0. The van der Waals surface area contributed by atoms with Crippen molar-refractivity contribution >= 4 is 22.7 Å². The van der Waals surface area contributed by atoms with Crippen molar-refractivity contribution in [1.82, 2.24) is 15.2 Å². The number of carbonyl (C=O) groups excluding carboxylic acids is 1. The van der Waals surface area contributed by atoms with Crippen LogP contribution in [-0.4, -0.2) is 54.6 Å². The number of methoxy groups -OCH3 is 1. The summed E-state index contributed by atoms with van der Waals surface area (Å²) in [7, 11) is 1.34.